The molecule has 3 nitrogen and oxygen atoms in total. The van der Waals surface area contributed by atoms with Crippen LogP contribution >= 0.6 is 0 Å². The molecule has 0 spiro atoms. The number of fused-ring (bicyclic) bond motifs is 1. The molecule has 0 unspecified atom stereocenters. The van der Waals surface area contributed by atoms with E-state index in [9.17, 15) is 0 Å². The van der Waals surface area contributed by atoms with Crippen molar-refractivity contribution in [1.82, 2.24) is 5.32 Å². The van der Waals surface area contributed by atoms with Crippen LogP contribution in [0.1, 0.15) is 33.0 Å². The van der Waals surface area contributed by atoms with Gasteiger partial charge in [0.15, 0.2) is 11.5 Å². The van der Waals surface area contributed by atoms with Crippen LogP contribution in [0.3, 0.4) is 0 Å². The molecule has 0 radical (unpaired) electrons. The average Bonchev–Trinajstić information content (AvgIpc) is 2.75. The maximum Gasteiger partial charge on any atom is 0.231 e. The van der Waals surface area contributed by atoms with E-state index in [2.05, 4.69) is 5.32 Å². The smallest absolute Gasteiger partial charge is 0.231 e. The van der Waals surface area contributed by atoms with Crippen LogP contribution < -0.4 is 14.8 Å². The minimum absolute atomic E-state index is 0.00592. The zero-order valence-electron chi connectivity index (χ0n) is 18.1. The highest BCUT2D eigenvalue weighted by Crippen LogP contribution is 2.32. The van der Waals surface area contributed by atoms with Crippen molar-refractivity contribution in [1.29, 1.82) is 0 Å². The molecular weight excluding hydrogens is 190 g/mol. The van der Waals surface area contributed by atoms with Crippen LogP contribution in [-0.2, 0) is 6.42 Å². The van der Waals surface area contributed by atoms with Gasteiger partial charge >= 0.3 is 0 Å². The molecule has 82 valence electrons. The van der Waals surface area contributed by atoms with Gasteiger partial charge in [0.25, 0.3) is 0 Å². The van der Waals surface area contributed by atoms with Crippen molar-refractivity contribution in [3.05, 3.63) is 23.7 Å². The molecule has 0 bridgehead atoms. The van der Waals surface area contributed by atoms with Gasteiger partial charge in [0.2, 0.25) is 6.75 Å². The van der Waals surface area contributed by atoms with Crippen LogP contribution in [0, 0.1) is 0 Å². The van der Waals surface area contributed by atoms with E-state index in [0.717, 1.165) is 0 Å². The summed E-state index contributed by atoms with van der Waals surface area (Å²) in [5, 5.41) is 2.30. The molecule has 1 atom stereocenters. The molecule has 2 rings (SSSR count). The van der Waals surface area contributed by atoms with Gasteiger partial charge < -0.3 is 14.8 Å². The van der Waals surface area contributed by atoms with Crippen LogP contribution in [0.5, 0.6) is 11.5 Å². The number of nitrogens with one attached hydrogen (secondary N) is 1. The Morgan fingerprint density at radius 1 is 1.67 bits per heavy atom. The maximum absolute atomic E-state index is 8.08. The van der Waals surface area contributed by atoms with Gasteiger partial charge in [-0.05, 0) is 37.5 Å². The van der Waals surface area contributed by atoms with Crippen molar-refractivity contribution in [3.8, 4) is 11.5 Å². The molecule has 0 saturated heterocycles. The normalized spacial score (nSPS) is 30.2. The van der Waals surface area contributed by atoms with Crippen molar-refractivity contribution in [2.45, 2.75) is 26.2 Å². The summed E-state index contributed by atoms with van der Waals surface area (Å²) in [5.41, 5.74) is 0.00592. The van der Waals surface area contributed by atoms with E-state index >= 15 is 0 Å². The fraction of sp³-hybridized carbons (Fsp3) is 0.500. The molecule has 1 aromatic rings. The predicted octanol–water partition coefficient (Wildman–Crippen LogP) is 1.96. The minimum atomic E-state index is -2.90. The van der Waals surface area contributed by atoms with Gasteiger partial charge in [-0.2, -0.15) is 0 Å². The number of hydrogen-bond donors (Lipinski definition) is 1. The Morgan fingerprint density at radius 2 is 2.53 bits per heavy atom. The fourth-order valence-electron chi connectivity index (χ4n) is 1.24. The lowest BCUT2D eigenvalue weighted by Crippen LogP contribution is -2.27. The van der Waals surface area contributed by atoms with Crippen molar-refractivity contribution >= 4 is 0 Å². The Balaban J connectivity index is 2.32. The number of likely N-dealkylation sites (N-methyl/N-ethyl adjacent to an activating group) is 1. The SMILES string of the molecule is [2H]c1c([2H])c2c(c([2H])c1C[C@H](C)NC([2H])([2H])C([2H])([2H])[2H])OC([2H])([2H])O2. The molecule has 1 aliphatic heterocycles. The van der Waals surface area contributed by atoms with Crippen LogP contribution in [0.25, 0.3) is 0 Å². The largest absolute Gasteiger partial charge is 0.454 e. The monoisotopic (exact) mass is 217 g/mol. The first-order chi connectivity index (χ1) is 11.2. The molecule has 1 aliphatic rings. The lowest BCUT2D eigenvalue weighted by Gasteiger charge is -2.12. The quantitative estimate of drug-likeness (QED) is 0.836. The highest BCUT2D eigenvalue weighted by molar-refractivity contribution is 5.44. The second-order valence-electron chi connectivity index (χ2n) is 3.17. The maximum atomic E-state index is 8.08. The highest BCUT2D eigenvalue weighted by Gasteiger charge is 2.13. The summed E-state index contributed by atoms with van der Waals surface area (Å²) >= 11 is 0. The van der Waals surface area contributed by atoms with Gasteiger partial charge in [-0.3, -0.25) is 0 Å². The Kier molecular flexibility index (Phi) is 1.11. The van der Waals surface area contributed by atoms with Gasteiger partial charge in [0.1, 0.15) is 2.74 Å². The molecular formula is C12H17NO2. The van der Waals surface area contributed by atoms with Gasteiger partial charge in [-0.15, -0.1) is 0 Å². The first kappa shape index (κ1) is 3.67. The van der Waals surface area contributed by atoms with Crippen molar-refractivity contribution in [3.63, 3.8) is 0 Å². The van der Waals surface area contributed by atoms with Crippen LogP contribution in [-0.4, -0.2) is 19.3 Å². The third kappa shape index (κ3) is 2.42. The summed E-state index contributed by atoms with van der Waals surface area (Å²) in [7, 11) is 0. The zero-order valence-corrected chi connectivity index (χ0v) is 8.10. The first-order valence-electron chi connectivity index (χ1n) is 9.44. The third-order valence-corrected chi connectivity index (χ3v) is 1.91. The molecule has 0 aliphatic carbocycles. The standard InChI is InChI=1S/C12H17NO2/c1-3-13-9(2)6-10-4-5-11-12(7-10)15-8-14-11/h4-5,7,9,13H,3,6,8H2,1-2H3/t9-/m0/s1/i1D3,3D2,4D,5D,7D,8D2. The van der Waals surface area contributed by atoms with E-state index in [0.29, 0.717) is 0 Å². The fourth-order valence-corrected chi connectivity index (χ4v) is 1.24. The molecule has 15 heavy (non-hydrogen) atoms. The van der Waals surface area contributed by atoms with E-state index in [1.54, 1.807) is 0 Å². The second kappa shape index (κ2) is 4.53. The Labute approximate surface area is 104 Å². The lowest BCUT2D eigenvalue weighted by molar-refractivity contribution is 0.174. The molecule has 0 fully saturated rings. The zero-order chi connectivity index (χ0) is 19.4. The predicted molar refractivity (Wildman–Crippen MR) is 59.4 cm³/mol. The summed E-state index contributed by atoms with van der Waals surface area (Å²) in [4.78, 5) is 0. The number of ether oxygens (including phenoxy) is 2. The number of hydrogen-bond acceptors (Lipinski definition) is 3. The second-order valence-corrected chi connectivity index (χ2v) is 3.17. The molecule has 3 heteroatoms. The Bertz CT molecular complexity index is 688. The summed E-state index contributed by atoms with van der Waals surface area (Å²) in [5.74, 6) is -0.630. The van der Waals surface area contributed by atoms with Gasteiger partial charge in [0.05, 0.1) is 4.11 Å². The van der Waals surface area contributed by atoms with Crippen LogP contribution in [0.15, 0.2) is 18.1 Å². The molecule has 0 aromatic heterocycles. The molecule has 1 aromatic carbocycles. The molecule has 0 saturated carbocycles. The minimum Gasteiger partial charge on any atom is -0.454 e. The van der Waals surface area contributed by atoms with Crippen molar-refractivity contribution in [2.75, 3.05) is 13.2 Å². The van der Waals surface area contributed by atoms with Crippen molar-refractivity contribution < 1.29 is 23.2 Å². The van der Waals surface area contributed by atoms with E-state index in [1.165, 1.54) is 6.92 Å². The van der Waals surface area contributed by atoms with Crippen LogP contribution in [0.4, 0.5) is 0 Å². The highest BCUT2D eigenvalue weighted by atomic mass is 16.7. The Hall–Kier alpha value is -1.22. The van der Waals surface area contributed by atoms with E-state index in [1.807, 2.05) is 0 Å². The first-order valence-corrected chi connectivity index (χ1v) is 4.44. The van der Waals surface area contributed by atoms with E-state index < -0.39 is 32.2 Å². The summed E-state index contributed by atoms with van der Waals surface area (Å²) in [6, 6.07) is -1.96. The number of benzene rings is 1. The summed E-state index contributed by atoms with van der Waals surface area (Å²) in [6.07, 6.45) is -0.126. The Morgan fingerprint density at radius 3 is 3.40 bits per heavy atom. The molecule has 1 heterocycles. The molecule has 1 N–H and O–H groups in total. The van der Waals surface area contributed by atoms with Crippen molar-refractivity contribution in [2.24, 2.45) is 0 Å². The van der Waals surface area contributed by atoms with E-state index in [4.69, 9.17) is 23.2 Å². The van der Waals surface area contributed by atoms with Gasteiger partial charge in [-0.1, -0.05) is 12.9 Å². The van der Waals surface area contributed by atoms with Crippen LogP contribution in [0.2, 0.25) is 0 Å². The number of rotatable bonds is 4. The topological polar surface area (TPSA) is 30.5 Å². The van der Waals surface area contributed by atoms with Gasteiger partial charge in [-0.25, -0.2) is 0 Å². The van der Waals surface area contributed by atoms with Gasteiger partial charge in [0, 0.05) is 12.9 Å². The lowest BCUT2D eigenvalue weighted by atomic mass is 10.1. The third-order valence-electron chi connectivity index (χ3n) is 1.91. The molecule has 0 amide bonds. The van der Waals surface area contributed by atoms with E-state index in [-0.39, 0.29) is 35.6 Å². The summed E-state index contributed by atoms with van der Waals surface area (Å²) in [6.45, 7) is -6.63. The summed E-state index contributed by atoms with van der Waals surface area (Å²) < 4.78 is 85.1. The average molecular weight is 217 g/mol.